The summed E-state index contributed by atoms with van der Waals surface area (Å²) < 4.78 is 5.54. The Labute approximate surface area is 173 Å². The average Bonchev–Trinajstić information content (AvgIpc) is 2.75. The number of hydrogen-bond acceptors (Lipinski definition) is 1. The van der Waals surface area contributed by atoms with Crippen LogP contribution in [0.1, 0.15) is 87.7 Å². The van der Waals surface area contributed by atoms with Crippen LogP contribution >= 0.6 is 0 Å². The summed E-state index contributed by atoms with van der Waals surface area (Å²) >= 11 is 0. The molecule has 0 aliphatic heterocycles. The minimum atomic E-state index is 0.627. The molecule has 0 radical (unpaired) electrons. The fourth-order valence-electron chi connectivity index (χ4n) is 5.39. The van der Waals surface area contributed by atoms with Crippen molar-refractivity contribution in [3.05, 3.63) is 60.7 Å². The topological polar surface area (TPSA) is 9.23 Å². The Balaban J connectivity index is 1.34. The molecule has 2 aliphatic carbocycles. The van der Waals surface area contributed by atoms with E-state index in [-0.39, 0.29) is 0 Å². The van der Waals surface area contributed by atoms with Gasteiger partial charge in [0.25, 0.3) is 0 Å². The van der Waals surface area contributed by atoms with E-state index in [0.717, 1.165) is 23.7 Å². The lowest BCUT2D eigenvalue weighted by Gasteiger charge is -2.32. The molecule has 0 bridgehead atoms. The molecule has 2 fully saturated rings. The van der Waals surface area contributed by atoms with Crippen LogP contribution in [0.2, 0.25) is 0 Å². The van der Waals surface area contributed by atoms with Crippen LogP contribution in [0.5, 0.6) is 0 Å². The predicted octanol–water partition coefficient (Wildman–Crippen LogP) is 7.83. The van der Waals surface area contributed by atoms with Crippen LogP contribution in [-0.4, -0.2) is 6.61 Å². The first-order chi connectivity index (χ1) is 13.8. The molecule has 0 heterocycles. The third kappa shape index (κ3) is 6.62. The lowest BCUT2D eigenvalue weighted by atomic mass is 9.74. The summed E-state index contributed by atoms with van der Waals surface area (Å²) in [4.78, 5) is 0. The zero-order valence-corrected chi connectivity index (χ0v) is 17.8. The van der Waals surface area contributed by atoms with Crippen molar-refractivity contribution in [3.63, 3.8) is 0 Å². The number of hydrogen-bond donors (Lipinski definition) is 0. The second-order valence-corrected chi connectivity index (χ2v) is 9.25. The normalized spacial score (nSPS) is 28.0. The first-order valence-electron chi connectivity index (χ1n) is 11.7. The molecule has 1 aromatic carbocycles. The maximum absolute atomic E-state index is 5.54. The second kappa shape index (κ2) is 11.6. The van der Waals surface area contributed by atoms with Crippen molar-refractivity contribution in [2.75, 3.05) is 6.61 Å². The van der Waals surface area contributed by atoms with Crippen LogP contribution in [-0.2, 0) is 11.3 Å². The zero-order valence-electron chi connectivity index (χ0n) is 17.8. The molecule has 2 saturated carbocycles. The van der Waals surface area contributed by atoms with Gasteiger partial charge in [0.15, 0.2) is 0 Å². The number of ether oxygens (including phenoxy) is 1. The van der Waals surface area contributed by atoms with E-state index >= 15 is 0 Å². The molecule has 3 rings (SSSR count). The molecule has 0 spiro atoms. The third-order valence-electron chi connectivity index (χ3n) is 7.25. The monoisotopic (exact) mass is 380 g/mol. The molecule has 0 N–H and O–H groups in total. The predicted molar refractivity (Wildman–Crippen MR) is 120 cm³/mol. The van der Waals surface area contributed by atoms with Crippen LogP contribution in [0, 0.1) is 17.8 Å². The fraction of sp³-hybridized carbons (Fsp3) is 0.630. The lowest BCUT2D eigenvalue weighted by molar-refractivity contribution is 0.149. The van der Waals surface area contributed by atoms with Crippen LogP contribution < -0.4 is 0 Å². The summed E-state index contributed by atoms with van der Waals surface area (Å²) in [5.41, 5.74) is 2.80. The Morgan fingerprint density at radius 1 is 0.750 bits per heavy atom. The van der Waals surface area contributed by atoms with Gasteiger partial charge in [-0.3, -0.25) is 0 Å². The third-order valence-corrected chi connectivity index (χ3v) is 7.25. The Hall–Kier alpha value is -1.34. The first-order valence-corrected chi connectivity index (χ1v) is 11.7. The Morgan fingerprint density at radius 2 is 1.32 bits per heavy atom. The van der Waals surface area contributed by atoms with Gasteiger partial charge < -0.3 is 4.74 Å². The summed E-state index contributed by atoms with van der Waals surface area (Å²) in [6.45, 7) is 8.92. The van der Waals surface area contributed by atoms with Gasteiger partial charge in [0.05, 0.1) is 13.2 Å². The van der Waals surface area contributed by atoms with Gasteiger partial charge in [0, 0.05) is 0 Å². The van der Waals surface area contributed by atoms with E-state index < -0.39 is 0 Å². The SMILES string of the molecule is C=CCOCc1ccc([C@H]2CC[C@H](CC[C@H]3CC[C@H](CC=C)CC3)CC2)cc1. The van der Waals surface area contributed by atoms with E-state index in [9.17, 15) is 0 Å². The van der Waals surface area contributed by atoms with Gasteiger partial charge >= 0.3 is 0 Å². The largest absolute Gasteiger partial charge is 0.373 e. The van der Waals surface area contributed by atoms with Crippen molar-refractivity contribution in [2.24, 2.45) is 17.8 Å². The highest BCUT2D eigenvalue weighted by Gasteiger charge is 2.25. The standard InChI is InChI=1S/C27H40O/c1-3-5-22-6-8-23(9-7-22)10-11-24-12-16-26(17-13-24)27-18-14-25(15-19-27)21-28-20-4-2/h3-4,14-15,18-19,22-24,26H,1-2,5-13,16-17,20-21H2/t22-,23-,24-,26-. The smallest absolute Gasteiger partial charge is 0.0721 e. The van der Waals surface area contributed by atoms with E-state index in [1.165, 1.54) is 81.8 Å². The van der Waals surface area contributed by atoms with Crippen LogP contribution in [0.25, 0.3) is 0 Å². The summed E-state index contributed by atoms with van der Waals surface area (Å²) in [7, 11) is 0. The molecular formula is C27H40O. The Bertz CT molecular complexity index is 571. The van der Waals surface area contributed by atoms with Crippen molar-refractivity contribution >= 4 is 0 Å². The molecule has 154 valence electrons. The lowest BCUT2D eigenvalue weighted by Crippen LogP contribution is -2.17. The van der Waals surface area contributed by atoms with Gasteiger partial charge in [-0.05, 0) is 79.7 Å². The van der Waals surface area contributed by atoms with Gasteiger partial charge in [-0.25, -0.2) is 0 Å². The van der Waals surface area contributed by atoms with Crippen molar-refractivity contribution in [1.82, 2.24) is 0 Å². The van der Waals surface area contributed by atoms with Crippen LogP contribution in [0.3, 0.4) is 0 Å². The molecule has 28 heavy (non-hydrogen) atoms. The van der Waals surface area contributed by atoms with Crippen molar-refractivity contribution in [2.45, 2.75) is 83.2 Å². The molecule has 0 unspecified atom stereocenters. The molecule has 0 aromatic heterocycles. The van der Waals surface area contributed by atoms with E-state index in [4.69, 9.17) is 4.74 Å². The highest BCUT2D eigenvalue weighted by Crippen LogP contribution is 2.40. The number of rotatable bonds is 10. The van der Waals surface area contributed by atoms with Crippen LogP contribution in [0.4, 0.5) is 0 Å². The Morgan fingerprint density at radius 3 is 1.89 bits per heavy atom. The number of allylic oxidation sites excluding steroid dienone is 1. The summed E-state index contributed by atoms with van der Waals surface area (Å²) in [6, 6.07) is 9.15. The van der Waals surface area contributed by atoms with E-state index in [1.807, 2.05) is 0 Å². The van der Waals surface area contributed by atoms with Crippen molar-refractivity contribution < 1.29 is 4.74 Å². The molecule has 1 nitrogen and oxygen atoms in total. The Kier molecular flexibility index (Phi) is 8.86. The molecule has 0 atom stereocenters. The summed E-state index contributed by atoms with van der Waals surface area (Å²) in [5.74, 6) is 3.70. The fourth-order valence-corrected chi connectivity index (χ4v) is 5.39. The highest BCUT2D eigenvalue weighted by atomic mass is 16.5. The van der Waals surface area contributed by atoms with Gasteiger partial charge in [0.2, 0.25) is 0 Å². The zero-order chi connectivity index (χ0) is 19.6. The second-order valence-electron chi connectivity index (χ2n) is 9.25. The van der Waals surface area contributed by atoms with E-state index in [2.05, 4.69) is 43.5 Å². The minimum absolute atomic E-state index is 0.627. The maximum Gasteiger partial charge on any atom is 0.0721 e. The van der Waals surface area contributed by atoms with Gasteiger partial charge in [0.1, 0.15) is 0 Å². The van der Waals surface area contributed by atoms with Gasteiger partial charge in [-0.2, -0.15) is 0 Å². The van der Waals surface area contributed by atoms with Crippen molar-refractivity contribution in [3.8, 4) is 0 Å². The molecule has 1 aromatic rings. The van der Waals surface area contributed by atoms with E-state index in [1.54, 1.807) is 6.08 Å². The minimum Gasteiger partial charge on any atom is -0.373 e. The van der Waals surface area contributed by atoms with E-state index in [0.29, 0.717) is 13.2 Å². The molecule has 0 amide bonds. The number of benzene rings is 1. The summed E-state index contributed by atoms with van der Waals surface area (Å²) in [6.07, 6.45) is 19.6. The molecular weight excluding hydrogens is 340 g/mol. The molecule has 1 heteroatoms. The molecule has 0 saturated heterocycles. The van der Waals surface area contributed by atoms with Gasteiger partial charge in [-0.15, -0.1) is 13.2 Å². The highest BCUT2D eigenvalue weighted by molar-refractivity contribution is 5.25. The van der Waals surface area contributed by atoms with Crippen LogP contribution in [0.15, 0.2) is 49.6 Å². The van der Waals surface area contributed by atoms with Gasteiger partial charge in [-0.1, -0.05) is 62.1 Å². The summed E-state index contributed by atoms with van der Waals surface area (Å²) in [5, 5.41) is 0. The molecule has 2 aliphatic rings. The quantitative estimate of drug-likeness (QED) is 0.297. The van der Waals surface area contributed by atoms with Crippen molar-refractivity contribution in [1.29, 1.82) is 0 Å². The average molecular weight is 381 g/mol. The first kappa shape index (κ1) is 21.4. The maximum atomic E-state index is 5.54.